The molecular formula is C14H16ClN3O3. The Morgan fingerprint density at radius 1 is 1.10 bits per heavy atom. The second-order valence-corrected chi connectivity index (χ2v) is 4.52. The molecule has 0 aliphatic carbocycles. The van der Waals surface area contributed by atoms with Crippen LogP contribution in [-0.4, -0.2) is 31.3 Å². The summed E-state index contributed by atoms with van der Waals surface area (Å²) in [6, 6.07) is 5.54. The first-order valence-electron chi connectivity index (χ1n) is 6.17. The van der Waals surface area contributed by atoms with E-state index in [1.54, 1.807) is 33.6 Å². The summed E-state index contributed by atoms with van der Waals surface area (Å²) >= 11 is 6.30. The van der Waals surface area contributed by atoms with Crippen molar-refractivity contribution in [3.63, 3.8) is 0 Å². The maximum absolute atomic E-state index is 6.30. The topological polar surface area (TPSA) is 56.7 Å². The average molecular weight is 310 g/mol. The first-order chi connectivity index (χ1) is 10.2. The SMILES string of the molecule is COc1ccc(CN(Cl)c2ncncc2OC)c(OC)c1. The maximum Gasteiger partial charge on any atom is 0.189 e. The second kappa shape index (κ2) is 6.99. The van der Waals surface area contributed by atoms with Gasteiger partial charge in [-0.3, -0.25) is 4.42 Å². The average Bonchev–Trinajstić information content (AvgIpc) is 2.55. The quantitative estimate of drug-likeness (QED) is 0.765. The van der Waals surface area contributed by atoms with Crippen molar-refractivity contribution >= 4 is 17.6 Å². The van der Waals surface area contributed by atoms with Crippen LogP contribution in [0.1, 0.15) is 5.56 Å². The van der Waals surface area contributed by atoms with Gasteiger partial charge in [0.05, 0.1) is 34.1 Å². The Bertz CT molecular complexity index is 610. The molecule has 112 valence electrons. The highest BCUT2D eigenvalue weighted by Gasteiger charge is 2.15. The third-order valence-corrected chi connectivity index (χ3v) is 3.19. The van der Waals surface area contributed by atoms with E-state index in [0.717, 1.165) is 11.3 Å². The van der Waals surface area contributed by atoms with Crippen LogP contribution >= 0.6 is 11.8 Å². The number of halogens is 1. The molecule has 6 nitrogen and oxygen atoms in total. The van der Waals surface area contributed by atoms with Crippen molar-refractivity contribution in [2.75, 3.05) is 25.7 Å². The number of benzene rings is 1. The van der Waals surface area contributed by atoms with Crippen LogP contribution in [-0.2, 0) is 6.54 Å². The van der Waals surface area contributed by atoms with Gasteiger partial charge in [0.2, 0.25) is 0 Å². The fourth-order valence-electron chi connectivity index (χ4n) is 1.84. The Morgan fingerprint density at radius 3 is 2.52 bits per heavy atom. The third kappa shape index (κ3) is 3.46. The lowest BCUT2D eigenvalue weighted by atomic mass is 10.2. The molecule has 1 aromatic heterocycles. The third-order valence-electron chi connectivity index (χ3n) is 2.91. The van der Waals surface area contributed by atoms with Gasteiger partial charge in [-0.2, -0.15) is 0 Å². The summed E-state index contributed by atoms with van der Waals surface area (Å²) in [5.41, 5.74) is 0.897. The van der Waals surface area contributed by atoms with E-state index in [1.807, 2.05) is 12.1 Å². The van der Waals surface area contributed by atoms with Crippen molar-refractivity contribution in [3.05, 3.63) is 36.3 Å². The number of aromatic nitrogens is 2. The van der Waals surface area contributed by atoms with E-state index in [9.17, 15) is 0 Å². The Balaban J connectivity index is 2.25. The Hall–Kier alpha value is -2.21. The van der Waals surface area contributed by atoms with Crippen LogP contribution in [0.25, 0.3) is 0 Å². The lowest BCUT2D eigenvalue weighted by Crippen LogP contribution is -2.13. The summed E-state index contributed by atoms with van der Waals surface area (Å²) in [7, 11) is 4.75. The minimum absolute atomic E-state index is 0.391. The highest BCUT2D eigenvalue weighted by Crippen LogP contribution is 2.30. The molecule has 0 amide bonds. The molecule has 0 atom stereocenters. The van der Waals surface area contributed by atoms with E-state index in [2.05, 4.69) is 9.97 Å². The van der Waals surface area contributed by atoms with Gasteiger partial charge < -0.3 is 14.2 Å². The Morgan fingerprint density at radius 2 is 1.86 bits per heavy atom. The molecule has 0 spiro atoms. The monoisotopic (exact) mass is 309 g/mol. The summed E-state index contributed by atoms with van der Waals surface area (Å²) < 4.78 is 17.2. The van der Waals surface area contributed by atoms with Crippen LogP contribution in [0, 0.1) is 0 Å². The van der Waals surface area contributed by atoms with Crippen LogP contribution in [0.4, 0.5) is 5.82 Å². The molecule has 21 heavy (non-hydrogen) atoms. The summed E-state index contributed by atoms with van der Waals surface area (Å²) in [6.07, 6.45) is 2.97. The zero-order valence-electron chi connectivity index (χ0n) is 12.0. The van der Waals surface area contributed by atoms with Crippen molar-refractivity contribution in [2.24, 2.45) is 0 Å². The first-order valence-corrected chi connectivity index (χ1v) is 6.51. The molecule has 2 rings (SSSR count). The summed E-state index contributed by atoms with van der Waals surface area (Å²) in [5, 5.41) is 0. The fraction of sp³-hybridized carbons (Fsp3) is 0.286. The number of hydrogen-bond acceptors (Lipinski definition) is 6. The second-order valence-electron chi connectivity index (χ2n) is 4.11. The maximum atomic E-state index is 6.30. The highest BCUT2D eigenvalue weighted by molar-refractivity contribution is 6.25. The number of methoxy groups -OCH3 is 3. The normalized spacial score (nSPS) is 10.1. The predicted octanol–water partition coefficient (Wildman–Crippen LogP) is 2.66. The van der Waals surface area contributed by atoms with Gasteiger partial charge >= 0.3 is 0 Å². The Labute approximate surface area is 128 Å². The standard InChI is InChI=1S/C14H16ClN3O3/c1-19-11-5-4-10(12(6-11)20-2)8-18(15)14-13(21-3)7-16-9-17-14/h4-7,9H,8H2,1-3H3. The van der Waals surface area contributed by atoms with Crippen molar-refractivity contribution in [2.45, 2.75) is 6.54 Å². The molecule has 0 fully saturated rings. The van der Waals surface area contributed by atoms with Gasteiger partial charge in [0.25, 0.3) is 0 Å². The minimum Gasteiger partial charge on any atom is -0.497 e. The van der Waals surface area contributed by atoms with Gasteiger partial charge in [-0.1, -0.05) is 0 Å². The smallest absolute Gasteiger partial charge is 0.189 e. The molecule has 0 aliphatic heterocycles. The van der Waals surface area contributed by atoms with Crippen molar-refractivity contribution < 1.29 is 14.2 Å². The summed E-state index contributed by atoms with van der Waals surface area (Å²) in [5.74, 6) is 2.40. The van der Waals surface area contributed by atoms with Crippen LogP contribution in [0.5, 0.6) is 17.2 Å². The zero-order valence-corrected chi connectivity index (χ0v) is 12.8. The van der Waals surface area contributed by atoms with Crippen LogP contribution in [0.2, 0.25) is 0 Å². The van der Waals surface area contributed by atoms with Crippen molar-refractivity contribution in [3.8, 4) is 17.2 Å². The number of rotatable bonds is 6. The Kier molecular flexibility index (Phi) is 5.05. The van der Waals surface area contributed by atoms with Crippen LogP contribution in [0.15, 0.2) is 30.7 Å². The molecule has 0 saturated carbocycles. The van der Waals surface area contributed by atoms with Gasteiger partial charge in [-0.15, -0.1) is 0 Å². The number of ether oxygens (including phenoxy) is 3. The molecule has 0 bridgehead atoms. The molecule has 7 heteroatoms. The molecule has 1 aromatic carbocycles. The molecule has 2 aromatic rings. The summed E-state index contributed by atoms with van der Waals surface area (Å²) in [6.45, 7) is 0.391. The largest absolute Gasteiger partial charge is 0.497 e. The molecule has 0 unspecified atom stereocenters. The molecule has 1 heterocycles. The number of nitrogens with zero attached hydrogens (tertiary/aromatic N) is 3. The number of anilines is 1. The lowest BCUT2D eigenvalue weighted by Gasteiger charge is -2.18. The summed E-state index contributed by atoms with van der Waals surface area (Å²) in [4.78, 5) is 8.03. The van der Waals surface area contributed by atoms with E-state index in [-0.39, 0.29) is 0 Å². The van der Waals surface area contributed by atoms with Gasteiger partial charge in [0.1, 0.15) is 17.8 Å². The molecular weight excluding hydrogens is 294 g/mol. The predicted molar refractivity (Wildman–Crippen MR) is 80.2 cm³/mol. The number of hydrogen-bond donors (Lipinski definition) is 0. The van der Waals surface area contributed by atoms with E-state index in [0.29, 0.717) is 23.9 Å². The zero-order chi connectivity index (χ0) is 15.2. The molecule has 0 radical (unpaired) electrons. The van der Waals surface area contributed by atoms with Gasteiger partial charge in [-0.05, 0) is 12.1 Å². The highest BCUT2D eigenvalue weighted by atomic mass is 35.5. The van der Waals surface area contributed by atoms with E-state index >= 15 is 0 Å². The van der Waals surface area contributed by atoms with Gasteiger partial charge in [-0.25, -0.2) is 9.97 Å². The van der Waals surface area contributed by atoms with E-state index in [1.165, 1.54) is 10.7 Å². The van der Waals surface area contributed by atoms with E-state index in [4.69, 9.17) is 26.0 Å². The van der Waals surface area contributed by atoms with Gasteiger partial charge in [0.15, 0.2) is 11.6 Å². The van der Waals surface area contributed by atoms with Crippen LogP contribution < -0.4 is 18.6 Å². The minimum atomic E-state index is 0.391. The van der Waals surface area contributed by atoms with Crippen molar-refractivity contribution in [1.82, 2.24) is 9.97 Å². The molecule has 0 N–H and O–H groups in total. The van der Waals surface area contributed by atoms with E-state index < -0.39 is 0 Å². The van der Waals surface area contributed by atoms with Crippen molar-refractivity contribution in [1.29, 1.82) is 0 Å². The van der Waals surface area contributed by atoms with Crippen LogP contribution in [0.3, 0.4) is 0 Å². The van der Waals surface area contributed by atoms with Gasteiger partial charge in [0, 0.05) is 23.4 Å². The molecule has 0 aliphatic rings. The molecule has 0 saturated heterocycles. The first kappa shape index (κ1) is 15.2. The fourth-order valence-corrected chi connectivity index (χ4v) is 2.10. The lowest BCUT2D eigenvalue weighted by molar-refractivity contribution is 0.391.